The van der Waals surface area contributed by atoms with Crippen LogP contribution < -0.4 is 0 Å². The SMILES string of the molecule is CCCCCCCCCCCCC(CCCCCCCC)C(OCCCC)(OCCCC)OCCCC. The van der Waals surface area contributed by atoms with Crippen molar-refractivity contribution in [2.45, 2.75) is 195 Å². The van der Waals surface area contributed by atoms with E-state index in [1.54, 1.807) is 0 Å². The van der Waals surface area contributed by atoms with Gasteiger partial charge in [0.1, 0.15) is 0 Å². The normalized spacial score (nSPS) is 12.9. The summed E-state index contributed by atoms with van der Waals surface area (Å²) in [5.41, 5.74) is 0. The molecule has 0 aromatic rings. The molecule has 0 rings (SSSR count). The van der Waals surface area contributed by atoms with Gasteiger partial charge in [-0.25, -0.2) is 0 Å². The third-order valence-corrected chi connectivity index (χ3v) is 7.72. The molecule has 0 fully saturated rings. The van der Waals surface area contributed by atoms with E-state index in [4.69, 9.17) is 14.2 Å². The summed E-state index contributed by atoms with van der Waals surface area (Å²) in [5.74, 6) is -0.513. The lowest BCUT2D eigenvalue weighted by molar-refractivity contribution is -0.407. The van der Waals surface area contributed by atoms with Crippen LogP contribution in [0, 0.1) is 5.92 Å². The van der Waals surface area contributed by atoms with Crippen molar-refractivity contribution in [1.29, 1.82) is 0 Å². The van der Waals surface area contributed by atoms with Crippen LogP contribution in [0.4, 0.5) is 0 Å². The second kappa shape index (κ2) is 28.9. The molecule has 0 N–H and O–H groups in total. The summed E-state index contributed by atoms with van der Waals surface area (Å²) in [7, 11) is 0. The fourth-order valence-electron chi connectivity index (χ4n) is 5.10. The van der Waals surface area contributed by atoms with Crippen molar-refractivity contribution in [2.24, 2.45) is 5.92 Å². The van der Waals surface area contributed by atoms with Crippen LogP contribution in [0.2, 0.25) is 0 Å². The average Bonchev–Trinajstić information content (AvgIpc) is 2.90. The molecule has 1 unspecified atom stereocenters. The largest absolute Gasteiger partial charge is 0.327 e. The van der Waals surface area contributed by atoms with Gasteiger partial charge in [-0.15, -0.1) is 0 Å². The van der Waals surface area contributed by atoms with Crippen LogP contribution in [-0.4, -0.2) is 25.8 Å². The summed E-state index contributed by atoms with van der Waals surface area (Å²) < 4.78 is 19.9. The molecule has 0 aromatic carbocycles. The summed E-state index contributed by atoms with van der Waals surface area (Å²) in [5, 5.41) is 0. The molecule has 0 spiro atoms. The summed E-state index contributed by atoms with van der Waals surface area (Å²) in [6.45, 7) is 13.5. The molecule has 1 atom stereocenters. The predicted octanol–water partition coefficient (Wildman–Crippen LogP) is 11.8. The minimum atomic E-state index is -0.845. The number of ether oxygens (including phenoxy) is 3. The molecule has 0 saturated heterocycles. The number of rotatable bonds is 31. The average molecular weight is 527 g/mol. The van der Waals surface area contributed by atoms with Crippen LogP contribution in [0.3, 0.4) is 0 Å². The first-order valence-corrected chi connectivity index (χ1v) is 17.1. The molecular formula is C34H70O3. The van der Waals surface area contributed by atoms with Gasteiger partial charge in [0.15, 0.2) is 0 Å². The molecule has 0 bridgehead atoms. The van der Waals surface area contributed by atoms with Gasteiger partial charge in [0.2, 0.25) is 0 Å². The Bertz CT molecular complexity index is 399. The van der Waals surface area contributed by atoms with Crippen LogP contribution in [0.15, 0.2) is 0 Å². The summed E-state index contributed by atoms with van der Waals surface area (Å²) in [6, 6.07) is 0. The fourth-order valence-corrected chi connectivity index (χ4v) is 5.10. The first-order chi connectivity index (χ1) is 18.2. The Kier molecular flexibility index (Phi) is 28.8. The van der Waals surface area contributed by atoms with E-state index >= 15 is 0 Å². The summed E-state index contributed by atoms with van der Waals surface area (Å²) in [4.78, 5) is 0. The van der Waals surface area contributed by atoms with Crippen molar-refractivity contribution in [2.75, 3.05) is 19.8 Å². The van der Waals surface area contributed by atoms with Gasteiger partial charge in [-0.3, -0.25) is 0 Å². The molecule has 0 aromatic heterocycles. The predicted molar refractivity (Wildman–Crippen MR) is 163 cm³/mol. The highest BCUT2D eigenvalue weighted by atomic mass is 16.9. The van der Waals surface area contributed by atoms with Crippen molar-refractivity contribution in [1.82, 2.24) is 0 Å². The van der Waals surface area contributed by atoms with Gasteiger partial charge in [-0.05, 0) is 32.1 Å². The van der Waals surface area contributed by atoms with E-state index in [1.165, 1.54) is 103 Å². The molecule has 0 saturated carbocycles. The first-order valence-electron chi connectivity index (χ1n) is 17.1. The van der Waals surface area contributed by atoms with E-state index in [2.05, 4.69) is 34.6 Å². The van der Waals surface area contributed by atoms with Gasteiger partial charge in [0.05, 0.1) is 19.8 Å². The molecule has 0 amide bonds. The van der Waals surface area contributed by atoms with E-state index in [0.717, 1.165) is 71.2 Å². The maximum Gasteiger partial charge on any atom is 0.285 e. The molecule has 0 aliphatic rings. The van der Waals surface area contributed by atoms with Crippen molar-refractivity contribution in [3.8, 4) is 0 Å². The van der Waals surface area contributed by atoms with Crippen molar-refractivity contribution >= 4 is 0 Å². The standard InChI is InChI=1S/C34H70O3/c1-6-11-16-18-20-21-22-23-25-27-29-33(28-26-24-19-17-12-7-2)34(35-30-13-8-3,36-31-14-9-4)37-32-15-10-5/h33H,6-32H2,1-5H3. The number of hydrogen-bond acceptors (Lipinski definition) is 3. The Balaban J connectivity index is 5.09. The molecule has 0 aliphatic heterocycles. The van der Waals surface area contributed by atoms with E-state index < -0.39 is 5.97 Å². The van der Waals surface area contributed by atoms with Crippen LogP contribution in [0.5, 0.6) is 0 Å². The molecule has 37 heavy (non-hydrogen) atoms. The fraction of sp³-hybridized carbons (Fsp3) is 1.00. The van der Waals surface area contributed by atoms with Crippen molar-refractivity contribution in [3.63, 3.8) is 0 Å². The lowest BCUT2D eigenvalue weighted by Gasteiger charge is -2.40. The zero-order chi connectivity index (χ0) is 27.3. The maximum atomic E-state index is 6.62. The maximum absolute atomic E-state index is 6.62. The Morgan fingerprint density at radius 2 is 0.622 bits per heavy atom. The highest BCUT2D eigenvalue weighted by molar-refractivity contribution is 4.74. The second-order valence-corrected chi connectivity index (χ2v) is 11.4. The van der Waals surface area contributed by atoms with Crippen molar-refractivity contribution < 1.29 is 14.2 Å². The van der Waals surface area contributed by atoms with Crippen LogP contribution in [-0.2, 0) is 14.2 Å². The smallest absolute Gasteiger partial charge is 0.285 e. The highest BCUT2D eigenvalue weighted by Gasteiger charge is 2.42. The minimum Gasteiger partial charge on any atom is -0.327 e. The monoisotopic (exact) mass is 527 g/mol. The van der Waals surface area contributed by atoms with Gasteiger partial charge < -0.3 is 14.2 Å². The van der Waals surface area contributed by atoms with E-state index in [9.17, 15) is 0 Å². The third kappa shape index (κ3) is 21.4. The molecule has 0 aliphatic carbocycles. The molecule has 0 heterocycles. The van der Waals surface area contributed by atoms with Crippen molar-refractivity contribution in [3.05, 3.63) is 0 Å². The zero-order valence-electron chi connectivity index (χ0n) is 26.4. The summed E-state index contributed by atoms with van der Waals surface area (Å²) >= 11 is 0. The third-order valence-electron chi connectivity index (χ3n) is 7.72. The van der Waals surface area contributed by atoms with Gasteiger partial charge in [0, 0.05) is 5.92 Å². The van der Waals surface area contributed by atoms with Gasteiger partial charge in [0.25, 0.3) is 5.97 Å². The molecule has 3 nitrogen and oxygen atoms in total. The molecule has 0 radical (unpaired) electrons. The Hall–Kier alpha value is -0.120. The highest BCUT2D eigenvalue weighted by Crippen LogP contribution is 2.35. The zero-order valence-corrected chi connectivity index (χ0v) is 26.4. The lowest BCUT2D eigenvalue weighted by atomic mass is 9.91. The van der Waals surface area contributed by atoms with Crippen LogP contribution >= 0.6 is 0 Å². The lowest BCUT2D eigenvalue weighted by Crippen LogP contribution is -2.47. The Morgan fingerprint density at radius 3 is 0.919 bits per heavy atom. The molecule has 224 valence electrons. The summed E-state index contributed by atoms with van der Waals surface area (Å²) in [6.07, 6.45) is 30.7. The van der Waals surface area contributed by atoms with E-state index in [1.807, 2.05) is 0 Å². The van der Waals surface area contributed by atoms with Gasteiger partial charge in [-0.2, -0.15) is 0 Å². The quantitative estimate of drug-likeness (QED) is 0.0664. The topological polar surface area (TPSA) is 27.7 Å². The molecular weight excluding hydrogens is 456 g/mol. The Labute approximate surface area is 234 Å². The number of hydrogen-bond donors (Lipinski definition) is 0. The van der Waals surface area contributed by atoms with Gasteiger partial charge in [-0.1, -0.05) is 157 Å². The van der Waals surface area contributed by atoms with Crippen LogP contribution in [0.25, 0.3) is 0 Å². The minimum absolute atomic E-state index is 0.332. The van der Waals surface area contributed by atoms with E-state index in [0.29, 0.717) is 5.92 Å². The van der Waals surface area contributed by atoms with E-state index in [-0.39, 0.29) is 0 Å². The first kappa shape index (κ1) is 36.9. The van der Waals surface area contributed by atoms with Gasteiger partial charge >= 0.3 is 0 Å². The second-order valence-electron chi connectivity index (χ2n) is 11.4. The molecule has 3 heteroatoms. The van der Waals surface area contributed by atoms with Crippen LogP contribution in [0.1, 0.15) is 189 Å². The number of unbranched alkanes of at least 4 members (excludes halogenated alkanes) is 17. The Morgan fingerprint density at radius 1 is 0.351 bits per heavy atom.